The number of hydrogen-bond donors (Lipinski definition) is 1. The highest BCUT2D eigenvalue weighted by atomic mass is 32.1. The molecular weight excluding hydrogens is 268 g/mol. The number of allylic oxidation sites excluding steroid dienone is 1. The van der Waals surface area contributed by atoms with Gasteiger partial charge in [-0.05, 0) is 45.3 Å². The third-order valence-electron chi connectivity index (χ3n) is 3.93. The molecule has 4 heteroatoms. The van der Waals surface area contributed by atoms with Gasteiger partial charge in [-0.25, -0.2) is 0 Å². The van der Waals surface area contributed by atoms with E-state index in [2.05, 4.69) is 57.3 Å². The van der Waals surface area contributed by atoms with E-state index in [1.807, 2.05) is 0 Å². The molecule has 0 aromatic carbocycles. The molecule has 20 heavy (non-hydrogen) atoms. The first-order chi connectivity index (χ1) is 9.40. The summed E-state index contributed by atoms with van der Waals surface area (Å²) in [7, 11) is 4.27. The summed E-state index contributed by atoms with van der Waals surface area (Å²) in [6, 6.07) is 0. The topological polar surface area (TPSA) is 23.6 Å². The molecule has 0 aromatic rings. The number of Topliss-reactive ketones (excluding diaryl/α,β-unsaturated/α-hetero) is 1. The molecule has 0 radical (unpaired) electrons. The van der Waals surface area contributed by atoms with Crippen molar-refractivity contribution in [1.82, 2.24) is 9.80 Å². The molecule has 0 bridgehead atoms. The third kappa shape index (κ3) is 4.26. The summed E-state index contributed by atoms with van der Waals surface area (Å²) in [5, 5.41) is -0.194. The first kappa shape index (κ1) is 17.6. The zero-order valence-corrected chi connectivity index (χ0v) is 14.5. The van der Waals surface area contributed by atoms with E-state index in [1.165, 1.54) is 19.4 Å². The molecule has 0 aliphatic heterocycles. The van der Waals surface area contributed by atoms with Crippen molar-refractivity contribution in [2.75, 3.05) is 33.7 Å². The zero-order chi connectivity index (χ0) is 15.3. The van der Waals surface area contributed by atoms with Crippen molar-refractivity contribution in [3.63, 3.8) is 0 Å². The number of nitrogens with zero attached hydrogens (tertiary/aromatic N) is 2. The van der Waals surface area contributed by atoms with E-state index < -0.39 is 0 Å². The minimum absolute atomic E-state index is 0.194. The van der Waals surface area contributed by atoms with Gasteiger partial charge in [0.2, 0.25) is 0 Å². The van der Waals surface area contributed by atoms with Crippen molar-refractivity contribution >= 4 is 18.4 Å². The van der Waals surface area contributed by atoms with E-state index in [4.69, 9.17) is 0 Å². The second-order valence-electron chi connectivity index (χ2n) is 6.15. The van der Waals surface area contributed by atoms with Gasteiger partial charge in [0, 0.05) is 24.9 Å². The molecule has 0 amide bonds. The lowest BCUT2D eigenvalue weighted by Crippen LogP contribution is -2.43. The van der Waals surface area contributed by atoms with Crippen molar-refractivity contribution in [3.05, 3.63) is 11.3 Å². The van der Waals surface area contributed by atoms with Crippen molar-refractivity contribution < 1.29 is 4.79 Å². The normalized spacial score (nSPS) is 19.0. The smallest absolute Gasteiger partial charge is 0.179 e. The minimum atomic E-state index is -0.194. The Balaban J connectivity index is 2.40. The summed E-state index contributed by atoms with van der Waals surface area (Å²) in [5.41, 5.74) is 2.13. The van der Waals surface area contributed by atoms with E-state index in [-0.39, 0.29) is 11.0 Å². The van der Waals surface area contributed by atoms with Crippen molar-refractivity contribution in [2.24, 2.45) is 5.92 Å². The summed E-state index contributed by atoms with van der Waals surface area (Å²) in [4.78, 5) is 16.5. The highest BCUT2D eigenvalue weighted by Gasteiger charge is 2.39. The molecule has 3 nitrogen and oxygen atoms in total. The van der Waals surface area contributed by atoms with Crippen LogP contribution in [0.3, 0.4) is 0 Å². The molecular formula is C16H30N2OS. The fourth-order valence-electron chi connectivity index (χ4n) is 2.81. The number of unbranched alkanes of at least 4 members (excludes halogenated alkanes) is 1. The molecule has 0 saturated carbocycles. The van der Waals surface area contributed by atoms with Crippen LogP contribution in [-0.2, 0) is 4.79 Å². The molecule has 116 valence electrons. The maximum absolute atomic E-state index is 11.8. The average molecular weight is 298 g/mol. The molecule has 0 heterocycles. The summed E-state index contributed by atoms with van der Waals surface area (Å²) in [6.45, 7) is 9.72. The molecule has 0 saturated heterocycles. The van der Waals surface area contributed by atoms with Gasteiger partial charge in [0.25, 0.3) is 0 Å². The standard InChI is InChI=1S/C16H30N2OS/c1-6-9-17(4)10-7-8-11-18(5)14-13(12(2)3)15(19)16(14)20/h12,16,20H,6-11H2,1-5H3. The Hall–Kier alpha value is -0.480. The van der Waals surface area contributed by atoms with Gasteiger partial charge < -0.3 is 9.80 Å². The lowest BCUT2D eigenvalue weighted by molar-refractivity contribution is -0.117. The number of hydrogen-bond acceptors (Lipinski definition) is 4. The number of rotatable bonds is 9. The number of ketones is 1. The van der Waals surface area contributed by atoms with Crippen LogP contribution in [-0.4, -0.2) is 54.6 Å². The number of carbonyl (C=O) groups is 1. The highest BCUT2D eigenvalue weighted by Crippen LogP contribution is 2.35. The average Bonchev–Trinajstić information content (AvgIpc) is 2.39. The van der Waals surface area contributed by atoms with Crippen LogP contribution in [0.2, 0.25) is 0 Å². The van der Waals surface area contributed by atoms with Gasteiger partial charge in [0.15, 0.2) is 5.78 Å². The van der Waals surface area contributed by atoms with Crippen LogP contribution in [0, 0.1) is 5.92 Å². The third-order valence-corrected chi connectivity index (χ3v) is 4.41. The molecule has 1 aliphatic rings. The Morgan fingerprint density at radius 3 is 2.30 bits per heavy atom. The van der Waals surface area contributed by atoms with E-state index >= 15 is 0 Å². The Morgan fingerprint density at radius 1 is 1.15 bits per heavy atom. The molecule has 0 N–H and O–H groups in total. The molecule has 0 spiro atoms. The molecule has 1 atom stereocenters. The fourth-order valence-corrected chi connectivity index (χ4v) is 3.28. The predicted molar refractivity (Wildman–Crippen MR) is 89.3 cm³/mol. The Morgan fingerprint density at radius 2 is 1.75 bits per heavy atom. The summed E-state index contributed by atoms with van der Waals surface area (Å²) in [5.74, 6) is 0.520. The van der Waals surface area contributed by atoms with E-state index in [9.17, 15) is 4.79 Å². The molecule has 0 fully saturated rings. The summed E-state index contributed by atoms with van der Waals surface area (Å²) in [6.07, 6.45) is 3.58. The van der Waals surface area contributed by atoms with E-state index in [0.717, 1.165) is 30.8 Å². The minimum Gasteiger partial charge on any atom is -0.376 e. The van der Waals surface area contributed by atoms with Crippen molar-refractivity contribution in [3.8, 4) is 0 Å². The van der Waals surface area contributed by atoms with Crippen LogP contribution < -0.4 is 0 Å². The highest BCUT2D eigenvalue weighted by molar-refractivity contribution is 7.82. The Kier molecular flexibility index (Phi) is 7.10. The lowest BCUT2D eigenvalue weighted by atomic mass is 9.83. The molecule has 0 aromatic heterocycles. The van der Waals surface area contributed by atoms with Gasteiger partial charge in [-0.1, -0.05) is 20.8 Å². The zero-order valence-electron chi connectivity index (χ0n) is 13.6. The van der Waals surface area contributed by atoms with Crippen LogP contribution in [0.15, 0.2) is 11.3 Å². The molecule has 1 unspecified atom stereocenters. The maximum Gasteiger partial charge on any atom is 0.179 e. The molecule has 1 rings (SSSR count). The molecule has 1 aliphatic carbocycles. The van der Waals surface area contributed by atoms with Crippen LogP contribution in [0.25, 0.3) is 0 Å². The van der Waals surface area contributed by atoms with Crippen LogP contribution in [0.4, 0.5) is 0 Å². The monoisotopic (exact) mass is 298 g/mol. The van der Waals surface area contributed by atoms with Crippen molar-refractivity contribution in [2.45, 2.75) is 45.3 Å². The van der Waals surface area contributed by atoms with Gasteiger partial charge in [0.1, 0.15) is 5.25 Å². The van der Waals surface area contributed by atoms with Gasteiger partial charge in [0.05, 0.1) is 0 Å². The first-order valence-electron chi connectivity index (χ1n) is 7.76. The first-order valence-corrected chi connectivity index (χ1v) is 8.27. The summed E-state index contributed by atoms with van der Waals surface area (Å²) < 4.78 is 0. The fraction of sp³-hybridized carbons (Fsp3) is 0.812. The lowest BCUT2D eigenvalue weighted by Gasteiger charge is -2.37. The van der Waals surface area contributed by atoms with Gasteiger partial charge in [-0.2, -0.15) is 12.6 Å². The van der Waals surface area contributed by atoms with Gasteiger partial charge in [-0.15, -0.1) is 0 Å². The van der Waals surface area contributed by atoms with Crippen LogP contribution in [0.5, 0.6) is 0 Å². The second kappa shape index (κ2) is 8.08. The van der Waals surface area contributed by atoms with Crippen LogP contribution in [0.1, 0.15) is 40.0 Å². The summed E-state index contributed by atoms with van der Waals surface area (Å²) >= 11 is 4.42. The maximum atomic E-state index is 11.8. The quantitative estimate of drug-likeness (QED) is 0.523. The predicted octanol–water partition coefficient (Wildman–Crippen LogP) is 2.83. The number of carbonyl (C=O) groups excluding carboxylic acids is 1. The van der Waals surface area contributed by atoms with E-state index in [0.29, 0.717) is 5.92 Å². The SMILES string of the molecule is CCCN(C)CCCCN(C)C1=C(C(C)C)C(=O)C1S. The largest absolute Gasteiger partial charge is 0.376 e. The van der Waals surface area contributed by atoms with E-state index in [1.54, 1.807) is 0 Å². The van der Waals surface area contributed by atoms with Crippen molar-refractivity contribution in [1.29, 1.82) is 0 Å². The Labute approximate surface area is 129 Å². The second-order valence-corrected chi connectivity index (χ2v) is 6.67. The van der Waals surface area contributed by atoms with Gasteiger partial charge in [-0.3, -0.25) is 4.79 Å². The number of thiol groups is 1. The van der Waals surface area contributed by atoms with Crippen LogP contribution >= 0.6 is 12.6 Å². The van der Waals surface area contributed by atoms with Gasteiger partial charge >= 0.3 is 0 Å². The Bertz CT molecular complexity index is 365.